The third-order valence-electron chi connectivity index (χ3n) is 2.09. The number of para-hydroxylation sites is 1. The van der Waals surface area contributed by atoms with Crippen molar-refractivity contribution in [3.63, 3.8) is 0 Å². The van der Waals surface area contributed by atoms with Crippen molar-refractivity contribution < 1.29 is 14.3 Å². The van der Waals surface area contributed by atoms with E-state index >= 15 is 0 Å². The van der Waals surface area contributed by atoms with Crippen LogP contribution < -0.4 is 10.1 Å². The Labute approximate surface area is 102 Å². The second-order valence-electron chi connectivity index (χ2n) is 3.17. The molecule has 0 saturated heterocycles. The van der Waals surface area contributed by atoms with Gasteiger partial charge in [0.1, 0.15) is 11.3 Å². The molecular formula is C11H12N2O3S. The molecule has 17 heavy (non-hydrogen) atoms. The van der Waals surface area contributed by atoms with E-state index in [0.29, 0.717) is 17.5 Å². The Hall–Kier alpha value is -1.82. The van der Waals surface area contributed by atoms with Gasteiger partial charge in [0, 0.05) is 0 Å². The number of carbonyl (C=O) groups excluding carboxylic acids is 1. The van der Waals surface area contributed by atoms with Crippen molar-refractivity contribution in [2.45, 2.75) is 6.92 Å². The van der Waals surface area contributed by atoms with E-state index in [9.17, 15) is 4.79 Å². The Morgan fingerprint density at radius 2 is 2.35 bits per heavy atom. The van der Waals surface area contributed by atoms with Gasteiger partial charge in [-0.1, -0.05) is 17.4 Å². The monoisotopic (exact) mass is 252 g/mol. The Morgan fingerprint density at radius 1 is 1.53 bits per heavy atom. The van der Waals surface area contributed by atoms with Gasteiger partial charge < -0.3 is 9.47 Å². The number of thiazole rings is 1. The van der Waals surface area contributed by atoms with Crippen LogP contribution in [0.15, 0.2) is 18.2 Å². The van der Waals surface area contributed by atoms with Gasteiger partial charge in [-0.2, -0.15) is 0 Å². The first-order valence-electron chi connectivity index (χ1n) is 5.12. The second kappa shape index (κ2) is 5.01. The van der Waals surface area contributed by atoms with Crippen LogP contribution in [0.25, 0.3) is 10.2 Å². The molecule has 90 valence electrons. The summed E-state index contributed by atoms with van der Waals surface area (Å²) >= 11 is 1.38. The number of aromatic nitrogens is 1. The summed E-state index contributed by atoms with van der Waals surface area (Å²) in [5.74, 6) is 0.690. The normalized spacial score (nSPS) is 10.2. The van der Waals surface area contributed by atoms with Crippen molar-refractivity contribution in [2.75, 3.05) is 19.0 Å². The molecule has 0 saturated carbocycles. The number of methoxy groups -OCH3 is 1. The van der Waals surface area contributed by atoms with Crippen molar-refractivity contribution in [3.05, 3.63) is 18.2 Å². The number of hydrogen-bond acceptors (Lipinski definition) is 5. The molecule has 1 aromatic heterocycles. The maximum absolute atomic E-state index is 11.2. The molecule has 0 aliphatic heterocycles. The number of rotatable bonds is 3. The summed E-state index contributed by atoms with van der Waals surface area (Å²) < 4.78 is 10.9. The van der Waals surface area contributed by atoms with E-state index in [1.54, 1.807) is 14.0 Å². The highest BCUT2D eigenvalue weighted by atomic mass is 32.1. The summed E-state index contributed by atoms with van der Waals surface area (Å²) in [6.45, 7) is 2.08. The van der Waals surface area contributed by atoms with Crippen molar-refractivity contribution in [1.82, 2.24) is 4.98 Å². The van der Waals surface area contributed by atoms with Gasteiger partial charge in [-0.25, -0.2) is 9.78 Å². The van der Waals surface area contributed by atoms with Crippen LogP contribution >= 0.6 is 11.3 Å². The molecule has 1 heterocycles. The van der Waals surface area contributed by atoms with Crippen LogP contribution in [0.3, 0.4) is 0 Å². The molecule has 2 aromatic rings. The summed E-state index contributed by atoms with van der Waals surface area (Å²) in [6.07, 6.45) is -0.495. The van der Waals surface area contributed by atoms with Crippen LogP contribution in [0, 0.1) is 0 Å². The number of benzene rings is 1. The number of nitrogens with one attached hydrogen (secondary N) is 1. The van der Waals surface area contributed by atoms with Crippen LogP contribution in [0.4, 0.5) is 9.93 Å². The first-order chi connectivity index (χ1) is 8.24. The lowest BCUT2D eigenvalue weighted by Crippen LogP contribution is -2.12. The molecule has 6 heteroatoms. The Bertz CT molecular complexity index is 538. The zero-order chi connectivity index (χ0) is 12.3. The molecule has 5 nitrogen and oxygen atoms in total. The van der Waals surface area contributed by atoms with E-state index in [2.05, 4.69) is 10.3 Å². The summed E-state index contributed by atoms with van der Waals surface area (Å²) in [5.41, 5.74) is 0.742. The van der Waals surface area contributed by atoms with Gasteiger partial charge in [0.05, 0.1) is 18.4 Å². The van der Waals surface area contributed by atoms with Gasteiger partial charge in [-0.3, -0.25) is 5.32 Å². The van der Waals surface area contributed by atoms with Gasteiger partial charge >= 0.3 is 6.09 Å². The standard InChI is InChI=1S/C11H12N2O3S/c1-3-16-11(14)13-10-12-9-7(15-2)5-4-6-8(9)17-10/h4-6H,3H2,1-2H3,(H,12,13,14). The molecule has 1 N–H and O–H groups in total. The third kappa shape index (κ3) is 2.47. The number of ether oxygens (including phenoxy) is 2. The fourth-order valence-electron chi connectivity index (χ4n) is 1.40. The number of amides is 1. The topological polar surface area (TPSA) is 60.5 Å². The van der Waals surface area contributed by atoms with Crippen LogP contribution in [0.2, 0.25) is 0 Å². The van der Waals surface area contributed by atoms with E-state index < -0.39 is 6.09 Å². The highest BCUT2D eigenvalue weighted by Gasteiger charge is 2.10. The fourth-order valence-corrected chi connectivity index (χ4v) is 2.27. The molecule has 2 rings (SSSR count). The predicted molar refractivity (Wildman–Crippen MR) is 66.8 cm³/mol. The minimum Gasteiger partial charge on any atom is -0.494 e. The molecule has 0 spiro atoms. The molecule has 1 aromatic carbocycles. The molecular weight excluding hydrogens is 240 g/mol. The first kappa shape index (κ1) is 11.7. The average Bonchev–Trinajstić information content (AvgIpc) is 2.70. The molecule has 0 bridgehead atoms. The molecule has 0 radical (unpaired) electrons. The van der Waals surface area contributed by atoms with E-state index in [4.69, 9.17) is 9.47 Å². The zero-order valence-electron chi connectivity index (χ0n) is 9.52. The molecule has 1 amide bonds. The highest BCUT2D eigenvalue weighted by Crippen LogP contribution is 2.31. The minimum atomic E-state index is -0.495. The summed E-state index contributed by atoms with van der Waals surface area (Å²) in [5, 5.41) is 3.08. The van der Waals surface area contributed by atoms with E-state index in [-0.39, 0.29) is 0 Å². The summed E-state index contributed by atoms with van der Waals surface area (Å²) in [7, 11) is 1.59. The van der Waals surface area contributed by atoms with Gasteiger partial charge in [0.2, 0.25) is 0 Å². The smallest absolute Gasteiger partial charge is 0.413 e. The fraction of sp³-hybridized carbons (Fsp3) is 0.273. The lowest BCUT2D eigenvalue weighted by atomic mass is 10.3. The third-order valence-corrected chi connectivity index (χ3v) is 3.02. The number of fused-ring (bicyclic) bond motifs is 1. The molecule has 0 aliphatic rings. The Morgan fingerprint density at radius 3 is 3.06 bits per heavy atom. The van der Waals surface area contributed by atoms with Crippen LogP contribution in [0.1, 0.15) is 6.92 Å². The second-order valence-corrected chi connectivity index (χ2v) is 4.20. The zero-order valence-corrected chi connectivity index (χ0v) is 10.3. The van der Waals surface area contributed by atoms with E-state index in [1.165, 1.54) is 11.3 Å². The van der Waals surface area contributed by atoms with Gasteiger partial charge in [-0.15, -0.1) is 0 Å². The summed E-state index contributed by atoms with van der Waals surface area (Å²) in [4.78, 5) is 15.5. The van der Waals surface area contributed by atoms with Crippen LogP contribution in [0.5, 0.6) is 5.75 Å². The lowest BCUT2D eigenvalue weighted by molar-refractivity contribution is 0.168. The lowest BCUT2D eigenvalue weighted by Gasteiger charge is -2.00. The molecule has 0 fully saturated rings. The number of carbonyl (C=O) groups is 1. The SMILES string of the molecule is CCOC(=O)Nc1nc2c(OC)cccc2s1. The maximum atomic E-state index is 11.2. The molecule has 0 atom stereocenters. The van der Waals surface area contributed by atoms with Gasteiger partial charge in [0.15, 0.2) is 5.13 Å². The van der Waals surface area contributed by atoms with Crippen molar-refractivity contribution in [2.24, 2.45) is 0 Å². The van der Waals surface area contributed by atoms with Crippen molar-refractivity contribution >= 4 is 32.8 Å². The molecule has 0 unspecified atom stereocenters. The van der Waals surface area contributed by atoms with Crippen LogP contribution in [-0.2, 0) is 4.74 Å². The van der Waals surface area contributed by atoms with E-state index in [0.717, 1.165) is 10.2 Å². The van der Waals surface area contributed by atoms with Gasteiger partial charge in [0.25, 0.3) is 0 Å². The molecule has 0 aliphatic carbocycles. The van der Waals surface area contributed by atoms with Crippen molar-refractivity contribution in [1.29, 1.82) is 0 Å². The largest absolute Gasteiger partial charge is 0.494 e. The maximum Gasteiger partial charge on any atom is 0.413 e. The Balaban J connectivity index is 2.28. The minimum absolute atomic E-state index is 0.333. The Kier molecular flexibility index (Phi) is 3.43. The van der Waals surface area contributed by atoms with Crippen LogP contribution in [-0.4, -0.2) is 24.8 Å². The highest BCUT2D eigenvalue weighted by molar-refractivity contribution is 7.22. The van der Waals surface area contributed by atoms with Gasteiger partial charge in [-0.05, 0) is 19.1 Å². The quantitative estimate of drug-likeness (QED) is 0.912. The number of hydrogen-bond donors (Lipinski definition) is 1. The van der Waals surface area contributed by atoms with Crippen molar-refractivity contribution in [3.8, 4) is 5.75 Å². The van der Waals surface area contributed by atoms with E-state index in [1.807, 2.05) is 18.2 Å². The predicted octanol–water partition coefficient (Wildman–Crippen LogP) is 2.87. The first-order valence-corrected chi connectivity index (χ1v) is 5.93. The number of nitrogens with zero attached hydrogens (tertiary/aromatic N) is 1. The summed E-state index contributed by atoms with van der Waals surface area (Å²) in [6, 6.07) is 5.63. The average molecular weight is 252 g/mol. The number of anilines is 1.